The number of amides is 1. The average molecular weight is 269 g/mol. The van der Waals surface area contributed by atoms with E-state index in [1.54, 1.807) is 0 Å². The summed E-state index contributed by atoms with van der Waals surface area (Å²) in [4.78, 5) is 11.7. The number of halogens is 1. The highest BCUT2D eigenvalue weighted by Crippen LogP contribution is 2.16. The first-order valence-corrected chi connectivity index (χ1v) is 5.85. The zero-order chi connectivity index (χ0) is 10.7. The van der Waals surface area contributed by atoms with E-state index < -0.39 is 0 Å². The fraction of sp³-hybridized carbons (Fsp3) is 0.364. The molecule has 2 N–H and O–H groups in total. The first kappa shape index (κ1) is 10.6. The SMILES string of the molecule is O=C(Nc1cccc(Br)c1)[C@@H]1CCCN1. The van der Waals surface area contributed by atoms with Crippen molar-refractivity contribution in [2.45, 2.75) is 18.9 Å². The minimum absolute atomic E-state index is 0.0241. The van der Waals surface area contributed by atoms with Crippen LogP contribution in [0.5, 0.6) is 0 Å². The molecule has 0 aromatic heterocycles. The predicted molar refractivity (Wildman–Crippen MR) is 63.8 cm³/mol. The molecular weight excluding hydrogens is 256 g/mol. The van der Waals surface area contributed by atoms with Gasteiger partial charge < -0.3 is 10.6 Å². The quantitative estimate of drug-likeness (QED) is 0.863. The fourth-order valence-electron chi connectivity index (χ4n) is 1.70. The summed E-state index contributed by atoms with van der Waals surface area (Å²) in [5, 5.41) is 6.06. The summed E-state index contributed by atoms with van der Waals surface area (Å²) in [5.74, 6) is 0.0607. The second-order valence-electron chi connectivity index (χ2n) is 3.65. The Kier molecular flexibility index (Phi) is 3.38. The van der Waals surface area contributed by atoms with E-state index in [-0.39, 0.29) is 11.9 Å². The summed E-state index contributed by atoms with van der Waals surface area (Å²) in [6.45, 7) is 0.941. The van der Waals surface area contributed by atoms with E-state index in [4.69, 9.17) is 0 Å². The second kappa shape index (κ2) is 4.77. The average Bonchev–Trinajstić information content (AvgIpc) is 2.70. The third-order valence-corrected chi connectivity index (χ3v) is 2.96. The van der Waals surface area contributed by atoms with Gasteiger partial charge in [-0.2, -0.15) is 0 Å². The highest BCUT2D eigenvalue weighted by Gasteiger charge is 2.21. The number of anilines is 1. The maximum absolute atomic E-state index is 11.7. The molecule has 80 valence electrons. The van der Waals surface area contributed by atoms with Gasteiger partial charge in [-0.3, -0.25) is 4.79 Å². The Bertz CT molecular complexity index is 361. The lowest BCUT2D eigenvalue weighted by Crippen LogP contribution is -2.35. The molecule has 1 aromatic carbocycles. The monoisotopic (exact) mass is 268 g/mol. The van der Waals surface area contributed by atoms with E-state index in [2.05, 4.69) is 26.6 Å². The normalized spacial score (nSPS) is 20.2. The lowest BCUT2D eigenvalue weighted by molar-refractivity contribution is -0.117. The Morgan fingerprint density at radius 2 is 2.40 bits per heavy atom. The first-order valence-electron chi connectivity index (χ1n) is 5.05. The van der Waals surface area contributed by atoms with Crippen molar-refractivity contribution in [1.82, 2.24) is 5.32 Å². The third kappa shape index (κ3) is 2.79. The van der Waals surface area contributed by atoms with Gasteiger partial charge in [0.05, 0.1) is 6.04 Å². The second-order valence-corrected chi connectivity index (χ2v) is 4.56. The Labute approximate surface area is 97.4 Å². The van der Waals surface area contributed by atoms with Crippen LogP contribution in [0.2, 0.25) is 0 Å². The maximum atomic E-state index is 11.7. The van der Waals surface area contributed by atoms with Gasteiger partial charge >= 0.3 is 0 Å². The molecule has 1 amide bonds. The highest BCUT2D eigenvalue weighted by atomic mass is 79.9. The number of carbonyl (C=O) groups excluding carboxylic acids is 1. The molecule has 2 rings (SSSR count). The molecule has 3 nitrogen and oxygen atoms in total. The van der Waals surface area contributed by atoms with Crippen LogP contribution in [0.4, 0.5) is 5.69 Å². The molecule has 0 unspecified atom stereocenters. The van der Waals surface area contributed by atoms with Crippen LogP contribution in [-0.2, 0) is 4.79 Å². The van der Waals surface area contributed by atoms with Crippen molar-refractivity contribution < 1.29 is 4.79 Å². The Balaban J connectivity index is 1.99. The Hall–Kier alpha value is -0.870. The standard InChI is InChI=1S/C11H13BrN2O/c12-8-3-1-4-9(7-8)14-11(15)10-5-2-6-13-10/h1,3-4,7,10,13H,2,5-6H2,(H,14,15)/t10-/m0/s1. The topological polar surface area (TPSA) is 41.1 Å². The van der Waals surface area contributed by atoms with Gasteiger partial charge in [-0.05, 0) is 37.6 Å². The Morgan fingerprint density at radius 1 is 1.53 bits per heavy atom. The van der Waals surface area contributed by atoms with Crippen LogP contribution in [0.15, 0.2) is 28.7 Å². The Morgan fingerprint density at radius 3 is 3.07 bits per heavy atom. The molecule has 4 heteroatoms. The fourth-order valence-corrected chi connectivity index (χ4v) is 2.10. The van der Waals surface area contributed by atoms with E-state index in [9.17, 15) is 4.79 Å². The van der Waals surface area contributed by atoms with E-state index in [1.165, 1.54) is 0 Å². The van der Waals surface area contributed by atoms with Crippen LogP contribution in [-0.4, -0.2) is 18.5 Å². The molecular formula is C11H13BrN2O. The van der Waals surface area contributed by atoms with Crippen LogP contribution in [0, 0.1) is 0 Å². The van der Waals surface area contributed by atoms with Gasteiger partial charge in [0.15, 0.2) is 0 Å². The van der Waals surface area contributed by atoms with Gasteiger partial charge in [-0.1, -0.05) is 22.0 Å². The molecule has 1 atom stereocenters. The summed E-state index contributed by atoms with van der Waals surface area (Å²) in [6.07, 6.45) is 2.01. The molecule has 0 saturated carbocycles. The number of hydrogen-bond donors (Lipinski definition) is 2. The molecule has 0 bridgehead atoms. The van der Waals surface area contributed by atoms with Crippen LogP contribution in [0.3, 0.4) is 0 Å². The van der Waals surface area contributed by atoms with Crippen molar-refractivity contribution in [3.8, 4) is 0 Å². The van der Waals surface area contributed by atoms with Gasteiger partial charge in [0.2, 0.25) is 5.91 Å². The summed E-state index contributed by atoms with van der Waals surface area (Å²) < 4.78 is 0.972. The minimum Gasteiger partial charge on any atom is -0.325 e. The van der Waals surface area contributed by atoms with Gasteiger partial charge in [0, 0.05) is 10.2 Å². The molecule has 15 heavy (non-hydrogen) atoms. The van der Waals surface area contributed by atoms with Crippen LogP contribution < -0.4 is 10.6 Å². The minimum atomic E-state index is -0.0241. The lowest BCUT2D eigenvalue weighted by atomic mass is 10.2. The van der Waals surface area contributed by atoms with Crippen molar-refractivity contribution >= 4 is 27.5 Å². The number of benzene rings is 1. The molecule has 1 aliphatic heterocycles. The molecule has 0 aliphatic carbocycles. The van der Waals surface area contributed by atoms with Gasteiger partial charge in [0.25, 0.3) is 0 Å². The number of rotatable bonds is 2. The first-order chi connectivity index (χ1) is 7.25. The van der Waals surface area contributed by atoms with Gasteiger partial charge in [-0.25, -0.2) is 0 Å². The van der Waals surface area contributed by atoms with Crippen molar-refractivity contribution in [2.75, 3.05) is 11.9 Å². The molecule has 0 spiro atoms. The molecule has 1 aromatic rings. The molecule has 0 radical (unpaired) electrons. The summed E-state index contributed by atoms with van der Waals surface area (Å²) in [7, 11) is 0. The van der Waals surface area contributed by atoms with Crippen LogP contribution >= 0.6 is 15.9 Å². The summed E-state index contributed by atoms with van der Waals surface area (Å²) in [6, 6.07) is 7.60. The van der Waals surface area contributed by atoms with Gasteiger partial charge in [0.1, 0.15) is 0 Å². The van der Waals surface area contributed by atoms with Crippen LogP contribution in [0.25, 0.3) is 0 Å². The lowest BCUT2D eigenvalue weighted by Gasteiger charge is -2.10. The number of nitrogens with one attached hydrogen (secondary N) is 2. The highest BCUT2D eigenvalue weighted by molar-refractivity contribution is 9.10. The third-order valence-electron chi connectivity index (χ3n) is 2.47. The van der Waals surface area contributed by atoms with E-state index in [1.807, 2.05) is 24.3 Å². The van der Waals surface area contributed by atoms with E-state index >= 15 is 0 Å². The summed E-state index contributed by atoms with van der Waals surface area (Å²) in [5.41, 5.74) is 0.836. The van der Waals surface area contributed by atoms with Crippen molar-refractivity contribution in [2.24, 2.45) is 0 Å². The molecule has 1 fully saturated rings. The summed E-state index contributed by atoms with van der Waals surface area (Å²) >= 11 is 3.37. The molecule has 1 heterocycles. The smallest absolute Gasteiger partial charge is 0.241 e. The van der Waals surface area contributed by atoms with E-state index in [0.29, 0.717) is 0 Å². The van der Waals surface area contributed by atoms with Crippen molar-refractivity contribution in [3.05, 3.63) is 28.7 Å². The molecule has 1 aliphatic rings. The zero-order valence-electron chi connectivity index (χ0n) is 8.29. The van der Waals surface area contributed by atoms with Crippen LogP contribution in [0.1, 0.15) is 12.8 Å². The predicted octanol–water partition coefficient (Wildman–Crippen LogP) is 2.14. The van der Waals surface area contributed by atoms with Gasteiger partial charge in [-0.15, -0.1) is 0 Å². The van der Waals surface area contributed by atoms with Crippen molar-refractivity contribution in [1.29, 1.82) is 0 Å². The molecule has 1 saturated heterocycles. The number of carbonyl (C=O) groups is 1. The van der Waals surface area contributed by atoms with Crippen molar-refractivity contribution in [3.63, 3.8) is 0 Å². The maximum Gasteiger partial charge on any atom is 0.241 e. The van der Waals surface area contributed by atoms with E-state index in [0.717, 1.165) is 29.5 Å². The number of hydrogen-bond acceptors (Lipinski definition) is 2. The zero-order valence-corrected chi connectivity index (χ0v) is 9.88. The largest absolute Gasteiger partial charge is 0.325 e.